The maximum Gasteiger partial charge on any atom is 0.319 e. The average Bonchev–Trinajstić information content (AvgIpc) is 3.38. The van der Waals surface area contributed by atoms with Gasteiger partial charge < -0.3 is 4.74 Å². The van der Waals surface area contributed by atoms with Gasteiger partial charge in [0.05, 0.1) is 0 Å². The zero-order chi connectivity index (χ0) is 16.5. The summed E-state index contributed by atoms with van der Waals surface area (Å²) in [4.78, 5) is 24.6. The van der Waals surface area contributed by atoms with E-state index in [1.54, 1.807) is 0 Å². The number of hydrogen-bond donors (Lipinski definition) is 0. The van der Waals surface area contributed by atoms with Gasteiger partial charge in [0.1, 0.15) is 17.8 Å². The first-order chi connectivity index (χ1) is 11.2. The first-order valence-electron chi connectivity index (χ1n) is 8.93. The van der Waals surface area contributed by atoms with Crippen LogP contribution in [0.3, 0.4) is 0 Å². The summed E-state index contributed by atoms with van der Waals surface area (Å²) in [5, 5.41) is 0. The molecular weight excluding hydrogens is 288 g/mol. The second-order valence-corrected chi connectivity index (χ2v) is 6.58. The second kappa shape index (κ2) is 8.85. The lowest BCUT2D eigenvalue weighted by Crippen LogP contribution is -2.27. The molecule has 0 atom stereocenters. The Morgan fingerprint density at radius 2 is 1.65 bits per heavy atom. The van der Waals surface area contributed by atoms with E-state index in [-0.39, 0.29) is 18.4 Å². The van der Waals surface area contributed by atoms with Crippen molar-refractivity contribution in [3.63, 3.8) is 0 Å². The van der Waals surface area contributed by atoms with E-state index in [9.17, 15) is 9.59 Å². The van der Waals surface area contributed by atoms with E-state index in [4.69, 9.17) is 4.74 Å². The van der Waals surface area contributed by atoms with Crippen LogP contribution in [0.25, 0.3) is 0 Å². The first kappa shape index (κ1) is 17.7. The number of ether oxygens (including phenoxy) is 1. The summed E-state index contributed by atoms with van der Waals surface area (Å²) in [7, 11) is 0. The van der Waals surface area contributed by atoms with Gasteiger partial charge in [0.2, 0.25) is 0 Å². The number of carbonyl (C=O) groups excluding carboxylic acids is 2. The quantitative estimate of drug-likeness (QED) is 0.333. The van der Waals surface area contributed by atoms with Crippen molar-refractivity contribution >= 4 is 11.8 Å². The number of esters is 1. The molecule has 2 rings (SSSR count). The van der Waals surface area contributed by atoms with E-state index in [1.807, 2.05) is 30.3 Å². The van der Waals surface area contributed by atoms with Crippen LogP contribution in [0.2, 0.25) is 0 Å². The van der Waals surface area contributed by atoms with Crippen LogP contribution in [-0.4, -0.2) is 11.8 Å². The van der Waals surface area contributed by atoms with Crippen molar-refractivity contribution in [1.29, 1.82) is 0 Å². The molecule has 0 amide bonds. The molecule has 1 fully saturated rings. The molecule has 1 saturated carbocycles. The number of rotatable bonds is 11. The topological polar surface area (TPSA) is 43.4 Å². The standard InChI is InChI=1S/C20H28O3/c1-2-3-4-5-6-10-13-18(21)20(14-15-20)19(22)23-16-17-11-8-7-9-12-17/h7-9,11-12H,2-6,10,13-16H2,1H3. The van der Waals surface area contributed by atoms with Gasteiger partial charge in [-0.3, -0.25) is 9.59 Å². The number of unbranched alkanes of at least 4 members (excludes halogenated alkanes) is 5. The van der Waals surface area contributed by atoms with Crippen LogP contribution in [0.1, 0.15) is 70.3 Å². The molecule has 0 unspecified atom stereocenters. The summed E-state index contributed by atoms with van der Waals surface area (Å²) >= 11 is 0. The van der Waals surface area contributed by atoms with Crippen LogP contribution in [-0.2, 0) is 20.9 Å². The molecule has 0 radical (unpaired) electrons. The van der Waals surface area contributed by atoms with Gasteiger partial charge in [0.25, 0.3) is 0 Å². The Labute approximate surface area is 139 Å². The summed E-state index contributed by atoms with van der Waals surface area (Å²) < 4.78 is 5.38. The summed E-state index contributed by atoms with van der Waals surface area (Å²) in [6.07, 6.45) is 8.76. The molecule has 0 spiro atoms. The van der Waals surface area contributed by atoms with E-state index >= 15 is 0 Å². The Balaban J connectivity index is 1.70. The fraction of sp³-hybridized carbons (Fsp3) is 0.600. The minimum Gasteiger partial charge on any atom is -0.460 e. The van der Waals surface area contributed by atoms with Gasteiger partial charge in [0, 0.05) is 6.42 Å². The Kier molecular flexibility index (Phi) is 6.82. The predicted octanol–water partition coefficient (Wildman–Crippen LogP) is 4.83. The minimum atomic E-state index is -0.807. The highest BCUT2D eigenvalue weighted by atomic mass is 16.5. The Morgan fingerprint density at radius 1 is 1.00 bits per heavy atom. The van der Waals surface area contributed by atoms with E-state index in [0.717, 1.165) is 18.4 Å². The molecule has 3 heteroatoms. The minimum absolute atomic E-state index is 0.0889. The lowest BCUT2D eigenvalue weighted by atomic mass is 9.96. The number of Topliss-reactive ketones (excluding diaryl/α,β-unsaturated/α-hetero) is 1. The summed E-state index contributed by atoms with van der Waals surface area (Å²) in [6, 6.07) is 9.60. The van der Waals surface area contributed by atoms with Gasteiger partial charge in [-0.2, -0.15) is 0 Å². The van der Waals surface area contributed by atoms with Crippen molar-refractivity contribution in [2.24, 2.45) is 5.41 Å². The normalized spacial score (nSPS) is 15.2. The van der Waals surface area contributed by atoms with Crippen molar-refractivity contribution in [2.75, 3.05) is 0 Å². The zero-order valence-corrected chi connectivity index (χ0v) is 14.2. The first-order valence-corrected chi connectivity index (χ1v) is 8.93. The molecule has 1 aromatic rings. The smallest absolute Gasteiger partial charge is 0.319 e. The molecular formula is C20H28O3. The summed E-state index contributed by atoms with van der Waals surface area (Å²) in [5.74, 6) is -0.233. The van der Waals surface area contributed by atoms with E-state index < -0.39 is 5.41 Å². The molecule has 0 bridgehead atoms. The van der Waals surface area contributed by atoms with Crippen LogP contribution in [0.4, 0.5) is 0 Å². The van der Waals surface area contributed by atoms with Crippen molar-refractivity contribution in [3.8, 4) is 0 Å². The zero-order valence-electron chi connectivity index (χ0n) is 14.2. The van der Waals surface area contributed by atoms with Crippen LogP contribution >= 0.6 is 0 Å². The van der Waals surface area contributed by atoms with Crippen molar-refractivity contribution in [1.82, 2.24) is 0 Å². The van der Waals surface area contributed by atoms with E-state index in [2.05, 4.69) is 6.92 Å². The molecule has 0 heterocycles. The Bertz CT molecular complexity index is 503. The van der Waals surface area contributed by atoms with Gasteiger partial charge >= 0.3 is 5.97 Å². The third-order valence-electron chi connectivity index (χ3n) is 4.64. The fourth-order valence-corrected chi connectivity index (χ4v) is 2.89. The monoisotopic (exact) mass is 316 g/mol. The third kappa shape index (κ3) is 5.19. The highest BCUT2D eigenvalue weighted by Gasteiger charge is 2.56. The molecule has 23 heavy (non-hydrogen) atoms. The van der Waals surface area contributed by atoms with Crippen LogP contribution in [0, 0.1) is 5.41 Å². The van der Waals surface area contributed by atoms with Crippen LogP contribution < -0.4 is 0 Å². The highest BCUT2D eigenvalue weighted by Crippen LogP contribution is 2.48. The molecule has 0 N–H and O–H groups in total. The van der Waals surface area contributed by atoms with Crippen molar-refractivity contribution in [3.05, 3.63) is 35.9 Å². The summed E-state index contributed by atoms with van der Waals surface area (Å²) in [6.45, 7) is 2.45. The predicted molar refractivity (Wildman–Crippen MR) is 90.9 cm³/mol. The molecule has 3 nitrogen and oxygen atoms in total. The molecule has 126 valence electrons. The van der Waals surface area contributed by atoms with Crippen molar-refractivity contribution < 1.29 is 14.3 Å². The van der Waals surface area contributed by atoms with Gasteiger partial charge in [-0.25, -0.2) is 0 Å². The van der Waals surface area contributed by atoms with Gasteiger partial charge in [0.15, 0.2) is 0 Å². The maximum absolute atomic E-state index is 12.4. The number of hydrogen-bond acceptors (Lipinski definition) is 3. The Morgan fingerprint density at radius 3 is 2.30 bits per heavy atom. The maximum atomic E-state index is 12.4. The van der Waals surface area contributed by atoms with Gasteiger partial charge in [-0.1, -0.05) is 69.4 Å². The molecule has 0 saturated heterocycles. The third-order valence-corrected chi connectivity index (χ3v) is 4.64. The SMILES string of the molecule is CCCCCCCCC(=O)C1(C(=O)OCc2ccccc2)CC1. The average molecular weight is 316 g/mol. The largest absolute Gasteiger partial charge is 0.460 e. The molecule has 0 aromatic heterocycles. The summed E-state index contributed by atoms with van der Waals surface area (Å²) in [5.41, 5.74) is 0.151. The van der Waals surface area contributed by atoms with Crippen molar-refractivity contribution in [2.45, 2.75) is 71.3 Å². The second-order valence-electron chi connectivity index (χ2n) is 6.58. The lowest BCUT2D eigenvalue weighted by molar-refractivity contribution is -0.155. The number of ketones is 1. The van der Waals surface area contributed by atoms with Gasteiger partial charge in [-0.05, 0) is 24.8 Å². The lowest BCUT2D eigenvalue weighted by Gasteiger charge is -2.13. The van der Waals surface area contributed by atoms with E-state index in [0.29, 0.717) is 19.3 Å². The molecule has 1 aromatic carbocycles. The Hall–Kier alpha value is -1.64. The molecule has 0 aliphatic heterocycles. The number of benzene rings is 1. The highest BCUT2D eigenvalue weighted by molar-refractivity contribution is 6.06. The van der Waals surface area contributed by atoms with Crippen LogP contribution in [0.15, 0.2) is 30.3 Å². The van der Waals surface area contributed by atoms with Crippen LogP contribution in [0.5, 0.6) is 0 Å². The fourth-order valence-electron chi connectivity index (χ4n) is 2.89. The molecule has 1 aliphatic rings. The van der Waals surface area contributed by atoms with E-state index in [1.165, 1.54) is 25.7 Å². The van der Waals surface area contributed by atoms with Gasteiger partial charge in [-0.15, -0.1) is 0 Å². The molecule has 1 aliphatic carbocycles. The number of carbonyl (C=O) groups is 2.